The predicted octanol–water partition coefficient (Wildman–Crippen LogP) is 11.4. The van der Waals surface area contributed by atoms with Gasteiger partial charge < -0.3 is 9.80 Å². The van der Waals surface area contributed by atoms with Crippen molar-refractivity contribution in [2.75, 3.05) is 9.80 Å². The maximum atomic E-state index is 2.40. The Hall–Kier alpha value is -5.34. The Morgan fingerprint density at radius 2 is 1.20 bits per heavy atom. The molecule has 0 N–H and O–H groups in total. The molecule has 224 valence electrons. The van der Waals surface area contributed by atoms with Crippen molar-refractivity contribution in [3.63, 3.8) is 0 Å². The van der Waals surface area contributed by atoms with Crippen LogP contribution >= 0.6 is 0 Å². The molecule has 0 amide bonds. The van der Waals surface area contributed by atoms with Crippen molar-refractivity contribution in [1.29, 1.82) is 0 Å². The molecule has 4 aliphatic rings. The lowest BCUT2D eigenvalue weighted by molar-refractivity contribution is 0.652. The van der Waals surface area contributed by atoms with Gasteiger partial charge in [0.05, 0.1) is 0 Å². The van der Waals surface area contributed by atoms with E-state index in [9.17, 15) is 0 Å². The molecule has 3 unspecified atom stereocenters. The van der Waals surface area contributed by atoms with Gasteiger partial charge >= 0.3 is 0 Å². The van der Waals surface area contributed by atoms with Crippen molar-refractivity contribution < 1.29 is 0 Å². The molecule has 3 atom stereocenters. The molecule has 0 radical (unpaired) electrons. The first kappa shape index (κ1) is 28.2. The summed E-state index contributed by atoms with van der Waals surface area (Å²) in [6, 6.07) is 37.5. The summed E-state index contributed by atoms with van der Waals surface area (Å²) in [7, 11) is 0. The minimum Gasteiger partial charge on any atom is -0.311 e. The number of anilines is 4. The fourth-order valence-electron chi connectivity index (χ4n) is 7.11. The van der Waals surface area contributed by atoms with Gasteiger partial charge in [0.25, 0.3) is 0 Å². The second-order valence-electron chi connectivity index (χ2n) is 12.5. The molecule has 0 bridgehead atoms. The van der Waals surface area contributed by atoms with Gasteiger partial charge in [-0.2, -0.15) is 0 Å². The Morgan fingerprint density at radius 3 is 1.91 bits per heavy atom. The fraction of sp³-hybridized carbons (Fsp3) is 0.136. The molecule has 2 nitrogen and oxygen atoms in total. The van der Waals surface area contributed by atoms with Crippen molar-refractivity contribution in [1.82, 2.24) is 0 Å². The number of hydrogen-bond donors (Lipinski definition) is 0. The van der Waals surface area contributed by atoms with Gasteiger partial charge in [-0.1, -0.05) is 115 Å². The van der Waals surface area contributed by atoms with Crippen LogP contribution < -0.4 is 9.80 Å². The monoisotopic (exact) mass is 594 g/mol. The molecule has 4 aromatic carbocycles. The summed E-state index contributed by atoms with van der Waals surface area (Å²) in [5.74, 6) is 1.16. The van der Waals surface area contributed by atoms with Crippen LogP contribution in [0.3, 0.4) is 0 Å². The normalized spacial score (nSPS) is 20.8. The van der Waals surface area contributed by atoms with Crippen LogP contribution in [0, 0.1) is 11.8 Å². The van der Waals surface area contributed by atoms with E-state index >= 15 is 0 Å². The first-order valence-corrected chi connectivity index (χ1v) is 16.5. The van der Waals surface area contributed by atoms with Crippen LogP contribution in [0.15, 0.2) is 181 Å². The van der Waals surface area contributed by atoms with Crippen LogP contribution in [0.25, 0.3) is 6.08 Å². The van der Waals surface area contributed by atoms with Gasteiger partial charge in [0.1, 0.15) is 0 Å². The van der Waals surface area contributed by atoms with Crippen LogP contribution in [0.4, 0.5) is 22.7 Å². The van der Waals surface area contributed by atoms with Gasteiger partial charge in [-0.15, -0.1) is 0 Å². The van der Waals surface area contributed by atoms with Gasteiger partial charge in [-0.25, -0.2) is 0 Å². The third-order valence-corrected chi connectivity index (χ3v) is 9.54. The summed E-state index contributed by atoms with van der Waals surface area (Å²) in [5, 5.41) is 0. The second kappa shape index (κ2) is 12.6. The number of aryl methyl sites for hydroxylation is 1. The zero-order valence-corrected chi connectivity index (χ0v) is 26.0. The van der Waals surface area contributed by atoms with E-state index < -0.39 is 0 Å². The van der Waals surface area contributed by atoms with Gasteiger partial charge in [0.15, 0.2) is 0 Å². The highest BCUT2D eigenvalue weighted by Crippen LogP contribution is 2.39. The zero-order valence-electron chi connectivity index (χ0n) is 26.0. The quantitative estimate of drug-likeness (QED) is 0.210. The van der Waals surface area contributed by atoms with Crippen LogP contribution in [0.2, 0.25) is 0 Å². The number of fused-ring (bicyclic) bond motifs is 2. The van der Waals surface area contributed by atoms with E-state index in [1.165, 1.54) is 50.8 Å². The Kier molecular flexibility index (Phi) is 7.70. The molecule has 0 fully saturated rings. The van der Waals surface area contributed by atoms with E-state index in [0.717, 1.165) is 19.3 Å². The lowest BCUT2D eigenvalue weighted by Crippen LogP contribution is -2.21. The van der Waals surface area contributed by atoms with E-state index in [2.05, 4.69) is 186 Å². The van der Waals surface area contributed by atoms with Crippen LogP contribution in [0.1, 0.15) is 35.4 Å². The van der Waals surface area contributed by atoms with E-state index in [0.29, 0.717) is 17.8 Å². The third kappa shape index (κ3) is 5.63. The van der Waals surface area contributed by atoms with Crippen molar-refractivity contribution in [2.24, 2.45) is 11.8 Å². The molecule has 0 heterocycles. The highest BCUT2D eigenvalue weighted by Gasteiger charge is 2.23. The first-order chi connectivity index (χ1) is 22.8. The average molecular weight is 595 g/mol. The molecule has 0 saturated heterocycles. The molecule has 8 rings (SSSR count). The SMILES string of the molecule is C1=CC2C=CC(N(c3ccccc3)c3ccc(C4C=CC(N(c5ccccc5)c5ccc6c(c5)CCC=C6)=CC4)cc3)=CC2C=C1. The Balaban J connectivity index is 1.05. The smallest absolute Gasteiger partial charge is 0.0464 e. The van der Waals surface area contributed by atoms with Crippen LogP contribution in [-0.2, 0) is 6.42 Å². The molecular formula is C44H38N2. The van der Waals surface area contributed by atoms with Crippen molar-refractivity contribution >= 4 is 28.8 Å². The Labute approximate surface area is 273 Å². The molecule has 4 aliphatic carbocycles. The molecule has 4 aromatic rings. The predicted molar refractivity (Wildman–Crippen MR) is 194 cm³/mol. The number of hydrogen-bond acceptors (Lipinski definition) is 2. The minimum atomic E-state index is 0.336. The molecule has 0 spiro atoms. The van der Waals surface area contributed by atoms with E-state index in [4.69, 9.17) is 0 Å². The number of rotatable bonds is 7. The topological polar surface area (TPSA) is 6.48 Å². The summed E-state index contributed by atoms with van der Waals surface area (Å²) in [4.78, 5) is 4.78. The summed E-state index contributed by atoms with van der Waals surface area (Å²) in [5.41, 5.74) is 11.3. The molecule has 0 aliphatic heterocycles. The van der Waals surface area contributed by atoms with Gasteiger partial charge in [0.2, 0.25) is 0 Å². The number of benzene rings is 4. The molecule has 0 saturated carbocycles. The molecule has 2 heteroatoms. The highest BCUT2D eigenvalue weighted by atomic mass is 15.2. The molecule has 0 aromatic heterocycles. The lowest BCUT2D eigenvalue weighted by Gasteiger charge is -2.32. The van der Waals surface area contributed by atoms with E-state index in [-0.39, 0.29) is 0 Å². The largest absolute Gasteiger partial charge is 0.311 e. The fourth-order valence-corrected chi connectivity index (χ4v) is 7.11. The van der Waals surface area contributed by atoms with Gasteiger partial charge in [-0.3, -0.25) is 0 Å². The first-order valence-electron chi connectivity index (χ1n) is 16.5. The second-order valence-corrected chi connectivity index (χ2v) is 12.5. The summed E-state index contributed by atoms with van der Waals surface area (Å²) in [6.07, 6.45) is 30.7. The Morgan fingerprint density at radius 1 is 0.543 bits per heavy atom. The summed E-state index contributed by atoms with van der Waals surface area (Å²) in [6.45, 7) is 0. The highest BCUT2D eigenvalue weighted by molar-refractivity contribution is 5.74. The van der Waals surface area contributed by atoms with Crippen molar-refractivity contribution in [3.8, 4) is 0 Å². The maximum Gasteiger partial charge on any atom is 0.0464 e. The van der Waals surface area contributed by atoms with Crippen molar-refractivity contribution in [2.45, 2.75) is 25.2 Å². The number of allylic oxidation sites excluding steroid dienone is 11. The summed E-state index contributed by atoms with van der Waals surface area (Å²) >= 11 is 0. The number of para-hydroxylation sites is 2. The molecule has 46 heavy (non-hydrogen) atoms. The average Bonchev–Trinajstić information content (AvgIpc) is 3.13. The lowest BCUT2D eigenvalue weighted by atomic mass is 9.84. The summed E-state index contributed by atoms with van der Waals surface area (Å²) < 4.78 is 0. The minimum absolute atomic E-state index is 0.336. The number of nitrogens with zero attached hydrogens (tertiary/aromatic N) is 2. The van der Waals surface area contributed by atoms with Gasteiger partial charge in [0, 0.05) is 51.9 Å². The zero-order chi connectivity index (χ0) is 30.7. The van der Waals surface area contributed by atoms with E-state index in [1.54, 1.807) is 0 Å². The van der Waals surface area contributed by atoms with Crippen LogP contribution in [0.5, 0.6) is 0 Å². The Bertz CT molecular complexity index is 1920. The standard InChI is InChI=1S/C44H38N2/c1-3-15-39(16-4-1)45(43-29-23-33-11-7-9-13-37(33)31-43)41-25-19-35(20-26-41)36-21-27-42(28-22-36)46(40-17-5-2-6-18-40)44-30-24-34-12-8-10-14-38(34)32-44/h1-9,11-13,15-21,23-33,36-37H,10,14,22H2. The van der Waals surface area contributed by atoms with E-state index in [1.807, 2.05) is 0 Å². The van der Waals surface area contributed by atoms with Crippen molar-refractivity contribution in [3.05, 3.63) is 198 Å². The van der Waals surface area contributed by atoms with Gasteiger partial charge in [-0.05, 0) is 96.6 Å². The van der Waals surface area contributed by atoms with Crippen LogP contribution in [-0.4, -0.2) is 0 Å². The third-order valence-electron chi connectivity index (χ3n) is 9.54. The maximum absolute atomic E-state index is 2.40. The molecular weight excluding hydrogens is 556 g/mol.